The van der Waals surface area contributed by atoms with Crippen molar-refractivity contribution in [2.24, 2.45) is 5.73 Å². The molecule has 0 bridgehead atoms. The third kappa shape index (κ3) is 5.40. The lowest BCUT2D eigenvalue weighted by atomic mass is 9.98. The van der Waals surface area contributed by atoms with E-state index in [0.717, 1.165) is 24.3 Å². The molecule has 0 radical (unpaired) electrons. The van der Waals surface area contributed by atoms with Crippen LogP contribution in [0.5, 0.6) is 11.5 Å². The summed E-state index contributed by atoms with van der Waals surface area (Å²) in [4.78, 5) is 12.1. The minimum Gasteiger partial charge on any atom is -0.456 e. The van der Waals surface area contributed by atoms with E-state index in [4.69, 9.17) is 10.5 Å². The van der Waals surface area contributed by atoms with Crippen LogP contribution in [0.4, 0.5) is 30.7 Å². The molecule has 0 fully saturated rings. The first-order valence-electron chi connectivity index (χ1n) is 9.08. The number of nitrogens with two attached hydrogens (primary N) is 1. The second-order valence-electron chi connectivity index (χ2n) is 6.92. The highest BCUT2D eigenvalue weighted by atomic mass is 127. The van der Waals surface area contributed by atoms with Gasteiger partial charge in [0.1, 0.15) is 23.1 Å². The molecule has 174 valence electrons. The molecule has 0 spiro atoms. The van der Waals surface area contributed by atoms with E-state index in [-0.39, 0.29) is 23.1 Å². The van der Waals surface area contributed by atoms with E-state index in [2.05, 4.69) is 0 Å². The molecular weight excluding hydrogens is 570 g/mol. The van der Waals surface area contributed by atoms with Crippen molar-refractivity contribution in [3.8, 4) is 11.5 Å². The zero-order valence-corrected chi connectivity index (χ0v) is 18.5. The summed E-state index contributed by atoms with van der Waals surface area (Å²) in [7, 11) is 0. The van der Waals surface area contributed by atoms with Crippen molar-refractivity contribution in [2.75, 3.05) is 0 Å². The minimum atomic E-state index is -5.85. The van der Waals surface area contributed by atoms with Crippen molar-refractivity contribution < 1.29 is 40.3 Å². The third-order valence-electron chi connectivity index (χ3n) is 4.57. The fourth-order valence-electron chi connectivity index (χ4n) is 3.05. The van der Waals surface area contributed by atoms with Crippen LogP contribution in [0.25, 0.3) is 0 Å². The summed E-state index contributed by atoms with van der Waals surface area (Å²) in [6.07, 6.45) is -6.12. The summed E-state index contributed by atoms with van der Waals surface area (Å²) in [5, 5.41) is 0. The largest absolute Gasteiger partial charge is 0.458 e. The van der Waals surface area contributed by atoms with Crippen molar-refractivity contribution in [3.05, 3.63) is 92.1 Å². The fourth-order valence-corrected chi connectivity index (χ4v) is 3.50. The molecule has 0 unspecified atom stereocenters. The summed E-state index contributed by atoms with van der Waals surface area (Å²) in [5.41, 5.74) is 3.65. The maximum atomic E-state index is 14.3. The van der Waals surface area contributed by atoms with Gasteiger partial charge in [0.25, 0.3) is 5.91 Å². The van der Waals surface area contributed by atoms with Crippen molar-refractivity contribution in [3.63, 3.8) is 0 Å². The molecule has 0 saturated carbocycles. The van der Waals surface area contributed by atoms with Crippen LogP contribution in [-0.4, -0.2) is 12.1 Å². The van der Waals surface area contributed by atoms with Gasteiger partial charge in [0.15, 0.2) is 0 Å². The van der Waals surface area contributed by atoms with E-state index >= 15 is 0 Å². The van der Waals surface area contributed by atoms with Crippen molar-refractivity contribution in [2.45, 2.75) is 18.5 Å². The highest BCUT2D eigenvalue weighted by Crippen LogP contribution is 2.45. The Hall–Kier alpha value is -2.83. The van der Waals surface area contributed by atoms with E-state index < -0.39 is 46.7 Å². The zero-order valence-electron chi connectivity index (χ0n) is 16.3. The second-order valence-corrected chi connectivity index (χ2v) is 8.16. The molecule has 3 aromatic rings. The molecule has 3 nitrogen and oxygen atoms in total. The molecule has 3 aromatic carbocycles. The summed E-state index contributed by atoms with van der Waals surface area (Å²) >= 11 is 1.89. The normalized spacial score (nSPS) is 12.0. The first kappa shape index (κ1) is 24.8. The topological polar surface area (TPSA) is 52.3 Å². The van der Waals surface area contributed by atoms with E-state index in [1.165, 1.54) is 12.1 Å². The Labute approximate surface area is 196 Å². The maximum absolute atomic E-state index is 14.3. The molecule has 2 N–H and O–H groups in total. The van der Waals surface area contributed by atoms with E-state index in [1.54, 1.807) is 6.07 Å². The van der Waals surface area contributed by atoms with Gasteiger partial charge in [-0.3, -0.25) is 4.79 Å². The number of halogens is 8. The average molecular weight is 583 g/mol. The molecule has 0 atom stereocenters. The molecule has 0 aliphatic heterocycles. The Morgan fingerprint density at radius 2 is 1.64 bits per heavy atom. The van der Waals surface area contributed by atoms with Gasteiger partial charge in [-0.15, -0.1) is 0 Å². The lowest BCUT2D eigenvalue weighted by molar-refractivity contribution is -0.289. The smallest absolute Gasteiger partial charge is 0.456 e. The van der Waals surface area contributed by atoms with Crippen molar-refractivity contribution in [1.29, 1.82) is 0 Å². The van der Waals surface area contributed by atoms with Gasteiger partial charge in [-0.2, -0.15) is 22.0 Å². The van der Waals surface area contributed by atoms with E-state index in [9.17, 15) is 35.5 Å². The number of ether oxygens (including phenoxy) is 1. The van der Waals surface area contributed by atoms with E-state index in [0.29, 0.717) is 15.7 Å². The molecule has 0 saturated heterocycles. The Morgan fingerprint density at radius 3 is 2.24 bits per heavy atom. The van der Waals surface area contributed by atoms with Gasteiger partial charge in [0, 0.05) is 21.6 Å². The highest BCUT2D eigenvalue weighted by Gasteiger charge is 2.58. The van der Waals surface area contributed by atoms with Crippen molar-refractivity contribution in [1.82, 2.24) is 0 Å². The monoisotopic (exact) mass is 583 g/mol. The number of rotatable bonds is 6. The summed E-state index contributed by atoms with van der Waals surface area (Å²) < 4.78 is 99.8. The van der Waals surface area contributed by atoms with Gasteiger partial charge >= 0.3 is 12.1 Å². The molecule has 0 heterocycles. The Morgan fingerprint density at radius 1 is 0.939 bits per heavy atom. The van der Waals surface area contributed by atoms with Crippen LogP contribution < -0.4 is 10.5 Å². The molecule has 1 amide bonds. The first-order chi connectivity index (χ1) is 15.3. The predicted molar refractivity (Wildman–Crippen MR) is 113 cm³/mol. The number of hydrogen-bond donors (Lipinski definition) is 1. The van der Waals surface area contributed by atoms with Crippen LogP contribution in [0.3, 0.4) is 0 Å². The van der Waals surface area contributed by atoms with Gasteiger partial charge in [0.05, 0.1) is 5.56 Å². The van der Waals surface area contributed by atoms with Crippen LogP contribution in [0.15, 0.2) is 54.6 Å². The second kappa shape index (κ2) is 9.20. The number of amides is 1. The Bertz CT molecular complexity index is 1210. The highest BCUT2D eigenvalue weighted by molar-refractivity contribution is 14.1. The quantitative estimate of drug-likeness (QED) is 0.259. The predicted octanol–water partition coefficient (Wildman–Crippen LogP) is 6.71. The number of alkyl halides is 5. The lowest BCUT2D eigenvalue weighted by Gasteiger charge is -2.20. The minimum absolute atomic E-state index is 0.0608. The summed E-state index contributed by atoms with van der Waals surface area (Å²) in [5.74, 6) is -8.85. The van der Waals surface area contributed by atoms with Crippen molar-refractivity contribution >= 4 is 28.5 Å². The molecular formula is C22H13F7INO2. The van der Waals surface area contributed by atoms with Gasteiger partial charge in [-0.1, -0.05) is 18.2 Å². The Balaban J connectivity index is 2.04. The zero-order chi connectivity index (χ0) is 24.6. The number of primary amides is 1. The van der Waals surface area contributed by atoms with E-state index in [1.807, 2.05) is 22.6 Å². The molecule has 3 rings (SSSR count). The van der Waals surface area contributed by atoms with Crippen LogP contribution in [0.2, 0.25) is 0 Å². The van der Waals surface area contributed by atoms with Crippen LogP contribution in [0.1, 0.15) is 27.0 Å². The lowest BCUT2D eigenvalue weighted by Crippen LogP contribution is -2.33. The molecule has 33 heavy (non-hydrogen) atoms. The van der Waals surface area contributed by atoms with Crippen LogP contribution >= 0.6 is 22.6 Å². The van der Waals surface area contributed by atoms with Crippen LogP contribution in [-0.2, 0) is 12.3 Å². The number of benzene rings is 3. The molecule has 0 aromatic heterocycles. The Kier molecular flexibility index (Phi) is 6.91. The van der Waals surface area contributed by atoms with Gasteiger partial charge < -0.3 is 10.5 Å². The number of carbonyl (C=O) groups is 1. The SMILES string of the molecule is NC(=O)c1c(Cc2ccc(I)cc2F)cc(F)cc1Oc1cccc(C(F)(F)C(F)(F)F)c1. The molecule has 0 aliphatic carbocycles. The summed E-state index contributed by atoms with van der Waals surface area (Å²) in [6.45, 7) is 0. The third-order valence-corrected chi connectivity index (χ3v) is 5.24. The molecule has 11 heteroatoms. The average Bonchev–Trinajstić information content (AvgIpc) is 2.69. The van der Waals surface area contributed by atoms with Gasteiger partial charge in [0.2, 0.25) is 0 Å². The fraction of sp³-hybridized carbons (Fsp3) is 0.136. The van der Waals surface area contributed by atoms with Gasteiger partial charge in [-0.25, -0.2) is 8.78 Å². The van der Waals surface area contributed by atoms with Crippen LogP contribution in [0, 0.1) is 15.2 Å². The number of carbonyl (C=O) groups excluding carboxylic acids is 1. The number of hydrogen-bond acceptors (Lipinski definition) is 2. The first-order valence-corrected chi connectivity index (χ1v) is 10.2. The van der Waals surface area contributed by atoms with Gasteiger partial charge in [-0.05, 0) is 64.0 Å². The summed E-state index contributed by atoms with van der Waals surface area (Å²) in [6, 6.07) is 8.79. The maximum Gasteiger partial charge on any atom is 0.458 e. The molecule has 0 aliphatic rings. The standard InChI is InChI=1S/C22H13F7INO2/c23-14-7-12(6-11-4-5-15(30)10-17(11)24)19(20(31)32)18(9-14)33-16-3-1-2-13(8-16)21(25,26)22(27,28)29/h1-5,7-10H,6H2,(H2,31,32).